The van der Waals surface area contributed by atoms with E-state index < -0.39 is 0 Å². The van der Waals surface area contributed by atoms with Crippen LogP contribution in [0.3, 0.4) is 0 Å². The topological polar surface area (TPSA) is 61.3 Å². The first-order valence-corrected chi connectivity index (χ1v) is 11.2. The number of furan rings is 1. The van der Waals surface area contributed by atoms with Crippen LogP contribution in [0, 0.1) is 6.92 Å². The van der Waals surface area contributed by atoms with Crippen LogP contribution in [0.25, 0.3) is 11.0 Å². The van der Waals surface area contributed by atoms with Crippen molar-refractivity contribution in [1.29, 1.82) is 0 Å². The second kappa shape index (κ2) is 9.83. The van der Waals surface area contributed by atoms with E-state index in [1.165, 1.54) is 4.90 Å². The van der Waals surface area contributed by atoms with Crippen LogP contribution < -0.4 is 10.5 Å². The highest BCUT2D eigenvalue weighted by molar-refractivity contribution is 7.98. The third-order valence-electron chi connectivity index (χ3n) is 5.15. The molecule has 5 heteroatoms. The fourth-order valence-corrected chi connectivity index (χ4v) is 4.46. The molecule has 4 aromatic rings. The number of rotatable bonds is 9. The van der Waals surface area contributed by atoms with Crippen molar-refractivity contribution in [2.75, 3.05) is 6.61 Å². The van der Waals surface area contributed by atoms with Gasteiger partial charge in [-0.1, -0.05) is 30.3 Å². The minimum Gasteiger partial charge on any atom is -0.493 e. The third kappa shape index (κ3) is 4.69. The molecule has 4 rings (SSSR count). The quantitative estimate of drug-likeness (QED) is 0.271. The number of pyridine rings is 1. The van der Waals surface area contributed by atoms with Gasteiger partial charge in [0.2, 0.25) is 0 Å². The second-order valence-electron chi connectivity index (χ2n) is 7.15. The van der Waals surface area contributed by atoms with Gasteiger partial charge in [0.25, 0.3) is 0 Å². The Morgan fingerprint density at radius 3 is 2.73 bits per heavy atom. The largest absolute Gasteiger partial charge is 0.493 e. The average Bonchev–Trinajstić information content (AvgIpc) is 3.12. The van der Waals surface area contributed by atoms with Crippen LogP contribution in [0.4, 0.5) is 0 Å². The molecule has 0 saturated heterocycles. The number of aromatic nitrogens is 1. The summed E-state index contributed by atoms with van der Waals surface area (Å²) in [6.07, 6.45) is 3.56. The Bertz CT molecular complexity index is 1110. The first kappa shape index (κ1) is 20.5. The van der Waals surface area contributed by atoms with Crippen LogP contribution >= 0.6 is 11.8 Å². The van der Waals surface area contributed by atoms with Gasteiger partial charge >= 0.3 is 0 Å². The van der Waals surface area contributed by atoms with Crippen LogP contribution in [-0.4, -0.2) is 11.6 Å². The number of nitrogens with zero attached hydrogens (tertiary/aromatic N) is 1. The van der Waals surface area contributed by atoms with Crippen molar-refractivity contribution in [2.45, 2.75) is 37.0 Å². The standard InChI is InChI=1S/C25H26N2O2S/c1-18-24(17-30-20-9-3-2-4-10-20)29-23-13-5-12-22(25(18)23)28-15-7-11-21-19(16-26)8-6-14-27-21/h2-6,8-10,12-14H,7,11,15-17,26H2,1H3. The summed E-state index contributed by atoms with van der Waals surface area (Å²) in [7, 11) is 0. The highest BCUT2D eigenvalue weighted by Crippen LogP contribution is 2.36. The maximum absolute atomic E-state index is 6.15. The van der Waals surface area contributed by atoms with Crippen LogP contribution in [0.15, 0.2) is 76.2 Å². The van der Waals surface area contributed by atoms with Gasteiger partial charge in [0.05, 0.1) is 17.7 Å². The molecule has 2 aromatic heterocycles. The molecule has 0 aliphatic rings. The minimum atomic E-state index is 0.515. The molecule has 2 aromatic carbocycles. The van der Waals surface area contributed by atoms with Crippen molar-refractivity contribution in [2.24, 2.45) is 5.73 Å². The van der Waals surface area contributed by atoms with Gasteiger partial charge in [-0.2, -0.15) is 0 Å². The third-order valence-corrected chi connectivity index (χ3v) is 6.16. The van der Waals surface area contributed by atoms with Gasteiger partial charge in [0.1, 0.15) is 17.1 Å². The van der Waals surface area contributed by atoms with Crippen LogP contribution in [-0.2, 0) is 18.7 Å². The van der Waals surface area contributed by atoms with Crippen molar-refractivity contribution in [3.8, 4) is 5.75 Å². The lowest BCUT2D eigenvalue weighted by Gasteiger charge is -2.09. The molecule has 154 valence electrons. The van der Waals surface area contributed by atoms with E-state index in [0.717, 1.165) is 57.9 Å². The Hall–Kier alpha value is -2.76. The van der Waals surface area contributed by atoms with Gasteiger partial charge in [-0.05, 0) is 55.7 Å². The molecule has 0 aliphatic carbocycles. The smallest absolute Gasteiger partial charge is 0.138 e. The average molecular weight is 419 g/mol. The summed E-state index contributed by atoms with van der Waals surface area (Å²) < 4.78 is 12.3. The fraction of sp³-hybridized carbons (Fsp3) is 0.240. The molecule has 30 heavy (non-hydrogen) atoms. The number of hydrogen-bond donors (Lipinski definition) is 1. The number of nitrogens with two attached hydrogens (primary N) is 1. The fourth-order valence-electron chi connectivity index (χ4n) is 3.54. The number of ether oxygens (including phenoxy) is 1. The van der Waals surface area contributed by atoms with Crippen molar-refractivity contribution >= 4 is 22.7 Å². The SMILES string of the molecule is Cc1c(CSc2ccccc2)oc2cccc(OCCCc3ncccc3CN)c12. The predicted molar refractivity (Wildman–Crippen MR) is 123 cm³/mol. The first-order valence-electron chi connectivity index (χ1n) is 10.2. The van der Waals surface area contributed by atoms with Gasteiger partial charge in [0, 0.05) is 28.9 Å². The highest BCUT2D eigenvalue weighted by Gasteiger charge is 2.15. The second-order valence-corrected chi connectivity index (χ2v) is 8.20. The Balaban J connectivity index is 1.42. The summed E-state index contributed by atoms with van der Waals surface area (Å²) in [6, 6.07) is 20.4. The number of aryl methyl sites for hydroxylation is 2. The number of hydrogen-bond acceptors (Lipinski definition) is 5. The van der Waals surface area contributed by atoms with Gasteiger partial charge in [-0.3, -0.25) is 4.98 Å². The summed E-state index contributed by atoms with van der Waals surface area (Å²) in [6.45, 7) is 3.25. The maximum Gasteiger partial charge on any atom is 0.138 e. The van der Waals surface area contributed by atoms with Gasteiger partial charge in [-0.25, -0.2) is 0 Å². The number of fused-ring (bicyclic) bond motifs is 1. The van der Waals surface area contributed by atoms with Crippen LogP contribution in [0.5, 0.6) is 5.75 Å². The Morgan fingerprint density at radius 1 is 1.03 bits per heavy atom. The minimum absolute atomic E-state index is 0.515. The van der Waals surface area contributed by atoms with E-state index in [1.54, 1.807) is 11.8 Å². The molecule has 0 saturated carbocycles. The van der Waals surface area contributed by atoms with Crippen LogP contribution in [0.1, 0.15) is 29.0 Å². The molecular formula is C25H26N2O2S. The molecule has 0 bridgehead atoms. The summed E-state index contributed by atoms with van der Waals surface area (Å²) in [5, 5.41) is 1.07. The molecule has 0 spiro atoms. The summed E-state index contributed by atoms with van der Waals surface area (Å²) >= 11 is 1.78. The molecule has 2 heterocycles. The van der Waals surface area contributed by atoms with Crippen molar-refractivity contribution < 1.29 is 9.15 Å². The van der Waals surface area contributed by atoms with Crippen molar-refractivity contribution in [1.82, 2.24) is 4.98 Å². The normalized spacial score (nSPS) is 11.1. The zero-order valence-electron chi connectivity index (χ0n) is 17.1. The van der Waals surface area contributed by atoms with Crippen LogP contribution in [0.2, 0.25) is 0 Å². The maximum atomic E-state index is 6.15. The monoisotopic (exact) mass is 418 g/mol. The molecule has 0 atom stereocenters. The summed E-state index contributed by atoms with van der Waals surface area (Å²) in [4.78, 5) is 5.69. The summed E-state index contributed by atoms with van der Waals surface area (Å²) in [5.74, 6) is 2.67. The lowest BCUT2D eigenvalue weighted by atomic mass is 10.1. The van der Waals surface area contributed by atoms with E-state index >= 15 is 0 Å². The van der Waals surface area contributed by atoms with E-state index in [0.29, 0.717) is 13.2 Å². The Labute approximate surface area is 181 Å². The molecule has 2 N–H and O–H groups in total. The highest BCUT2D eigenvalue weighted by atomic mass is 32.2. The first-order chi connectivity index (χ1) is 14.8. The molecule has 4 nitrogen and oxygen atoms in total. The summed E-state index contributed by atoms with van der Waals surface area (Å²) in [5.41, 5.74) is 10.00. The van der Waals surface area contributed by atoms with Gasteiger partial charge in [0.15, 0.2) is 0 Å². The van der Waals surface area contributed by atoms with Crippen molar-refractivity contribution in [3.63, 3.8) is 0 Å². The zero-order valence-corrected chi connectivity index (χ0v) is 18.0. The van der Waals surface area contributed by atoms with Crippen molar-refractivity contribution in [3.05, 3.63) is 89.4 Å². The van der Waals surface area contributed by atoms with E-state index in [2.05, 4.69) is 36.2 Å². The Morgan fingerprint density at radius 2 is 1.90 bits per heavy atom. The van der Waals surface area contributed by atoms with E-state index in [1.807, 2.05) is 42.6 Å². The van der Waals surface area contributed by atoms with E-state index in [-0.39, 0.29) is 0 Å². The van der Waals surface area contributed by atoms with Gasteiger partial charge in [-0.15, -0.1) is 11.8 Å². The van der Waals surface area contributed by atoms with E-state index in [9.17, 15) is 0 Å². The molecule has 0 radical (unpaired) electrons. The molecule has 0 fully saturated rings. The number of thioether (sulfide) groups is 1. The Kier molecular flexibility index (Phi) is 6.72. The van der Waals surface area contributed by atoms with E-state index in [4.69, 9.17) is 14.9 Å². The molecule has 0 unspecified atom stereocenters. The lowest BCUT2D eigenvalue weighted by Crippen LogP contribution is -2.06. The number of benzene rings is 2. The molecular weight excluding hydrogens is 392 g/mol. The lowest BCUT2D eigenvalue weighted by molar-refractivity contribution is 0.314. The molecule has 0 aliphatic heterocycles. The molecule has 0 amide bonds. The van der Waals surface area contributed by atoms with Gasteiger partial charge < -0.3 is 14.9 Å². The predicted octanol–water partition coefficient (Wildman–Crippen LogP) is 5.90. The zero-order chi connectivity index (χ0) is 20.8.